The summed E-state index contributed by atoms with van der Waals surface area (Å²) in [5.74, 6) is -0.723. The minimum Gasteiger partial charge on any atom is -0.350 e. The number of hydrogen-bond donors (Lipinski definition) is 2. The lowest BCUT2D eigenvalue weighted by molar-refractivity contribution is 0.0849. The van der Waals surface area contributed by atoms with E-state index < -0.39 is 0 Å². The van der Waals surface area contributed by atoms with Crippen molar-refractivity contribution in [3.63, 3.8) is 0 Å². The SMILES string of the molecule is Cn1cc(C(=O)NNC(=O)c2cc3c(nc4sccn43)s2)c2ccccc21. The molecule has 0 saturated heterocycles. The number of carbonyl (C=O) groups excluding carboxylic acids is 2. The molecule has 2 N–H and O–H groups in total. The number of rotatable bonds is 2. The normalized spacial score (nSPS) is 11.4. The van der Waals surface area contributed by atoms with Gasteiger partial charge in [0.1, 0.15) is 4.83 Å². The number of amides is 2. The molecule has 4 heterocycles. The number of benzene rings is 1. The quantitative estimate of drug-likeness (QED) is 0.451. The molecule has 0 saturated carbocycles. The van der Waals surface area contributed by atoms with Crippen molar-refractivity contribution in [1.82, 2.24) is 24.8 Å². The lowest BCUT2D eigenvalue weighted by atomic mass is 10.2. The Morgan fingerprint density at radius 3 is 2.81 bits per heavy atom. The average molecular weight is 395 g/mol. The van der Waals surface area contributed by atoms with Crippen molar-refractivity contribution in [3.8, 4) is 0 Å². The van der Waals surface area contributed by atoms with Crippen LogP contribution < -0.4 is 10.9 Å². The van der Waals surface area contributed by atoms with Gasteiger partial charge < -0.3 is 4.57 Å². The topological polar surface area (TPSA) is 80.4 Å². The molecule has 0 spiro atoms. The second-order valence-electron chi connectivity index (χ2n) is 6.05. The number of thiophene rings is 1. The monoisotopic (exact) mass is 395 g/mol. The molecule has 0 aliphatic carbocycles. The van der Waals surface area contributed by atoms with Crippen LogP contribution in [0.25, 0.3) is 26.2 Å². The molecule has 0 radical (unpaired) electrons. The first-order chi connectivity index (χ1) is 13.1. The summed E-state index contributed by atoms with van der Waals surface area (Å²) in [7, 11) is 1.88. The van der Waals surface area contributed by atoms with E-state index in [1.165, 1.54) is 11.3 Å². The fourth-order valence-corrected chi connectivity index (χ4v) is 4.82. The van der Waals surface area contributed by atoms with Crippen LogP contribution in [0.3, 0.4) is 0 Å². The number of aryl methyl sites for hydroxylation is 1. The van der Waals surface area contributed by atoms with Crippen molar-refractivity contribution in [2.75, 3.05) is 0 Å². The van der Waals surface area contributed by atoms with Gasteiger partial charge in [-0.3, -0.25) is 24.8 Å². The summed E-state index contributed by atoms with van der Waals surface area (Å²) in [6, 6.07) is 9.41. The molecule has 0 aliphatic rings. The highest BCUT2D eigenvalue weighted by Gasteiger charge is 2.17. The first-order valence-electron chi connectivity index (χ1n) is 8.11. The van der Waals surface area contributed by atoms with E-state index >= 15 is 0 Å². The maximum Gasteiger partial charge on any atom is 0.279 e. The molecule has 4 aromatic heterocycles. The third-order valence-corrected chi connectivity index (χ3v) is 6.17. The largest absolute Gasteiger partial charge is 0.350 e. The number of para-hydroxylation sites is 1. The zero-order chi connectivity index (χ0) is 18.5. The van der Waals surface area contributed by atoms with Gasteiger partial charge >= 0.3 is 0 Å². The molecule has 1 aromatic carbocycles. The molecule has 0 unspecified atom stereocenters. The van der Waals surface area contributed by atoms with Gasteiger partial charge in [-0.1, -0.05) is 18.2 Å². The van der Waals surface area contributed by atoms with Crippen molar-refractivity contribution in [3.05, 3.63) is 58.5 Å². The number of nitrogens with one attached hydrogen (secondary N) is 2. The Labute approximate surface area is 160 Å². The number of imidazole rings is 1. The molecule has 7 nitrogen and oxygen atoms in total. The summed E-state index contributed by atoms with van der Waals surface area (Å²) in [5.41, 5.74) is 7.35. The Hall–Kier alpha value is -3.17. The maximum absolute atomic E-state index is 12.5. The van der Waals surface area contributed by atoms with E-state index in [4.69, 9.17) is 0 Å². The summed E-state index contributed by atoms with van der Waals surface area (Å²) in [6.45, 7) is 0. The Bertz CT molecular complexity index is 1340. The minimum atomic E-state index is -0.365. The van der Waals surface area contributed by atoms with Gasteiger partial charge in [-0.05, 0) is 12.1 Å². The smallest absolute Gasteiger partial charge is 0.279 e. The van der Waals surface area contributed by atoms with Gasteiger partial charge in [0.05, 0.1) is 16.0 Å². The zero-order valence-corrected chi connectivity index (χ0v) is 15.7. The van der Waals surface area contributed by atoms with E-state index in [2.05, 4.69) is 15.8 Å². The number of hydrazine groups is 1. The Morgan fingerprint density at radius 2 is 1.93 bits per heavy atom. The van der Waals surface area contributed by atoms with Crippen LogP contribution in [0.1, 0.15) is 20.0 Å². The Morgan fingerprint density at radius 1 is 1.11 bits per heavy atom. The van der Waals surface area contributed by atoms with Gasteiger partial charge in [-0.15, -0.1) is 22.7 Å². The van der Waals surface area contributed by atoms with Gasteiger partial charge in [0, 0.05) is 35.7 Å². The third kappa shape index (κ3) is 2.51. The lowest BCUT2D eigenvalue weighted by Gasteiger charge is -2.05. The highest BCUT2D eigenvalue weighted by molar-refractivity contribution is 7.21. The molecule has 0 aliphatic heterocycles. The summed E-state index contributed by atoms with van der Waals surface area (Å²) in [5, 5.41) is 2.78. The van der Waals surface area contributed by atoms with Crippen molar-refractivity contribution >= 4 is 60.7 Å². The number of hydrogen-bond acceptors (Lipinski definition) is 5. The highest BCUT2D eigenvalue weighted by Crippen LogP contribution is 2.28. The third-order valence-electron chi connectivity index (χ3n) is 4.39. The average Bonchev–Trinajstić information content (AvgIpc) is 3.40. The van der Waals surface area contributed by atoms with E-state index in [9.17, 15) is 9.59 Å². The standard InChI is InChI=1S/C18H13N5O2S2/c1-22-9-11(10-4-2-3-5-12(10)22)15(24)20-21-16(25)14-8-13-17(27-14)19-18-23(13)6-7-26-18/h2-9H,1H3,(H,20,24)(H,21,25). The highest BCUT2D eigenvalue weighted by atomic mass is 32.1. The molecule has 9 heteroatoms. The summed E-state index contributed by atoms with van der Waals surface area (Å²) < 4.78 is 3.83. The molecule has 5 rings (SSSR count). The van der Waals surface area contributed by atoms with Crippen LogP contribution in [0.4, 0.5) is 0 Å². The number of thiazole rings is 1. The Balaban J connectivity index is 1.36. The first kappa shape index (κ1) is 16.0. The number of nitrogens with zero attached hydrogens (tertiary/aromatic N) is 3. The van der Waals surface area contributed by atoms with Crippen LogP contribution in [0.15, 0.2) is 48.1 Å². The molecule has 27 heavy (non-hydrogen) atoms. The van der Waals surface area contributed by atoms with Gasteiger partial charge in [-0.2, -0.15) is 0 Å². The van der Waals surface area contributed by atoms with E-state index in [-0.39, 0.29) is 11.8 Å². The van der Waals surface area contributed by atoms with Crippen molar-refractivity contribution in [2.45, 2.75) is 0 Å². The summed E-state index contributed by atoms with van der Waals surface area (Å²) in [4.78, 5) is 31.6. The van der Waals surface area contributed by atoms with E-state index in [0.717, 1.165) is 26.2 Å². The fourth-order valence-electron chi connectivity index (χ4n) is 3.12. The fraction of sp³-hybridized carbons (Fsp3) is 0.0556. The summed E-state index contributed by atoms with van der Waals surface area (Å²) in [6.07, 6.45) is 3.67. The molecule has 134 valence electrons. The second kappa shape index (κ2) is 5.93. The summed E-state index contributed by atoms with van der Waals surface area (Å²) >= 11 is 2.84. The van der Waals surface area contributed by atoms with Gasteiger partial charge in [0.25, 0.3) is 11.8 Å². The molecule has 0 bridgehead atoms. The molecule has 0 fully saturated rings. The van der Waals surface area contributed by atoms with Crippen LogP contribution >= 0.6 is 22.7 Å². The predicted molar refractivity (Wildman–Crippen MR) is 106 cm³/mol. The van der Waals surface area contributed by atoms with Crippen LogP contribution in [0.5, 0.6) is 0 Å². The number of aromatic nitrogens is 3. The van der Waals surface area contributed by atoms with Crippen molar-refractivity contribution < 1.29 is 9.59 Å². The van der Waals surface area contributed by atoms with Crippen molar-refractivity contribution in [1.29, 1.82) is 0 Å². The molecular formula is C18H13N5O2S2. The lowest BCUT2D eigenvalue weighted by Crippen LogP contribution is -2.41. The molecule has 5 aromatic rings. The van der Waals surface area contributed by atoms with E-state index in [0.29, 0.717) is 10.4 Å². The molecular weight excluding hydrogens is 382 g/mol. The maximum atomic E-state index is 12.5. The molecule has 2 amide bonds. The Kier molecular flexibility index (Phi) is 3.52. The van der Waals surface area contributed by atoms with Crippen LogP contribution in [0, 0.1) is 0 Å². The van der Waals surface area contributed by atoms with Crippen LogP contribution in [-0.4, -0.2) is 25.8 Å². The van der Waals surface area contributed by atoms with Crippen LogP contribution in [-0.2, 0) is 7.05 Å². The van der Waals surface area contributed by atoms with E-state index in [1.54, 1.807) is 23.6 Å². The minimum absolute atomic E-state index is 0.358. The second-order valence-corrected chi connectivity index (χ2v) is 7.95. The molecule has 0 atom stereocenters. The predicted octanol–water partition coefficient (Wildman–Crippen LogP) is 3.18. The van der Waals surface area contributed by atoms with Crippen molar-refractivity contribution in [2.24, 2.45) is 7.05 Å². The number of carbonyl (C=O) groups is 2. The number of fused-ring (bicyclic) bond motifs is 4. The van der Waals surface area contributed by atoms with Crippen LogP contribution in [0.2, 0.25) is 0 Å². The van der Waals surface area contributed by atoms with Gasteiger partial charge in [0.2, 0.25) is 0 Å². The zero-order valence-electron chi connectivity index (χ0n) is 14.1. The van der Waals surface area contributed by atoms with E-state index in [1.807, 2.05) is 51.9 Å². The van der Waals surface area contributed by atoms with Gasteiger partial charge in [0.15, 0.2) is 4.96 Å². The first-order valence-corrected chi connectivity index (χ1v) is 9.81. The van der Waals surface area contributed by atoms with Gasteiger partial charge in [-0.25, -0.2) is 4.98 Å².